The summed E-state index contributed by atoms with van der Waals surface area (Å²) in [5, 5.41) is 15.9. The highest BCUT2D eigenvalue weighted by Gasteiger charge is 2.16. The van der Waals surface area contributed by atoms with E-state index >= 15 is 0 Å². The van der Waals surface area contributed by atoms with Crippen molar-refractivity contribution in [3.05, 3.63) is 128 Å². The largest absolute Gasteiger partial charge is 0.268 e. The molecule has 0 spiro atoms. The fourth-order valence-electron chi connectivity index (χ4n) is 4.25. The number of rotatable bonds is 5. The Morgan fingerprint density at radius 2 is 1.76 bits per heavy atom. The van der Waals surface area contributed by atoms with Crippen LogP contribution in [-0.2, 0) is 0 Å². The second-order valence-electron chi connectivity index (χ2n) is 8.48. The maximum Gasteiger partial charge on any atom is 0.266 e. The van der Waals surface area contributed by atoms with Crippen LogP contribution in [0.15, 0.2) is 106 Å². The Balaban J connectivity index is 1.52. The number of fused-ring (bicyclic) bond motifs is 1. The topological polar surface area (TPSA) is 76.0 Å². The van der Waals surface area contributed by atoms with Gasteiger partial charge in [0.1, 0.15) is 0 Å². The Labute approximate surface area is 230 Å². The molecule has 3 heterocycles. The lowest BCUT2D eigenvalue weighted by molar-refractivity contribution is 0.884. The molecule has 0 saturated carbocycles. The van der Waals surface area contributed by atoms with Gasteiger partial charge < -0.3 is 0 Å². The van der Waals surface area contributed by atoms with Crippen molar-refractivity contribution in [2.24, 2.45) is 0 Å². The molecular formula is C30H18BrN5OS. The first-order valence-corrected chi connectivity index (χ1v) is 13.4. The summed E-state index contributed by atoms with van der Waals surface area (Å²) in [5.41, 5.74) is 5.69. The number of para-hydroxylation sites is 1. The van der Waals surface area contributed by atoms with Crippen molar-refractivity contribution in [3.8, 4) is 34.1 Å². The van der Waals surface area contributed by atoms with E-state index in [4.69, 9.17) is 10.1 Å². The van der Waals surface area contributed by atoms with Gasteiger partial charge in [0.05, 0.1) is 34.3 Å². The second kappa shape index (κ2) is 10.1. The lowest BCUT2D eigenvalue weighted by Gasteiger charge is -2.07. The molecule has 0 fully saturated rings. The van der Waals surface area contributed by atoms with E-state index in [-0.39, 0.29) is 5.56 Å². The van der Waals surface area contributed by atoms with Gasteiger partial charge in [-0.1, -0.05) is 58.4 Å². The van der Waals surface area contributed by atoms with Gasteiger partial charge in [0, 0.05) is 33.4 Å². The van der Waals surface area contributed by atoms with Gasteiger partial charge in [0.2, 0.25) is 0 Å². The molecule has 6 nitrogen and oxygen atoms in total. The zero-order valence-corrected chi connectivity index (χ0v) is 22.2. The van der Waals surface area contributed by atoms with Gasteiger partial charge in [0.15, 0.2) is 4.96 Å². The molecule has 0 amide bonds. The average Bonchev–Trinajstić information content (AvgIpc) is 3.60. The van der Waals surface area contributed by atoms with Gasteiger partial charge in [-0.15, -0.1) is 11.3 Å². The molecule has 8 heteroatoms. The first-order valence-electron chi connectivity index (χ1n) is 11.7. The van der Waals surface area contributed by atoms with E-state index in [1.807, 2.05) is 83.0 Å². The fourth-order valence-corrected chi connectivity index (χ4v) is 5.36. The summed E-state index contributed by atoms with van der Waals surface area (Å²) in [6.07, 6.45) is 7.51. The predicted octanol–water partition coefficient (Wildman–Crippen LogP) is 7.08. The first kappa shape index (κ1) is 23.8. The molecule has 0 aliphatic heterocycles. The summed E-state index contributed by atoms with van der Waals surface area (Å²) in [5.74, 6) is 0. The Kier molecular flexibility index (Phi) is 6.30. The highest BCUT2D eigenvalue weighted by Crippen LogP contribution is 2.29. The highest BCUT2D eigenvalue weighted by molar-refractivity contribution is 9.10. The van der Waals surface area contributed by atoms with Crippen molar-refractivity contribution in [3.63, 3.8) is 0 Å². The Morgan fingerprint density at radius 3 is 2.53 bits per heavy atom. The highest BCUT2D eigenvalue weighted by atomic mass is 79.9. The maximum atomic E-state index is 13.5. The third-order valence-corrected chi connectivity index (χ3v) is 7.33. The standard InChI is InChI=1S/C30H18BrN5OS/c31-24-6-4-5-22(17-24)28-23(19-36(34-28)25-7-2-1-3-8-25)13-14-26-27(21-11-9-20(18-32)10-12-21)29(37)35-15-16-38-30(35)33-26/h1-17,19H/b14-13+. The van der Waals surface area contributed by atoms with Gasteiger partial charge in [-0.2, -0.15) is 10.4 Å². The minimum Gasteiger partial charge on any atom is -0.268 e. The summed E-state index contributed by atoms with van der Waals surface area (Å²) in [6, 6.07) is 27.0. The second-order valence-corrected chi connectivity index (χ2v) is 10.3. The summed E-state index contributed by atoms with van der Waals surface area (Å²) >= 11 is 4.97. The van der Waals surface area contributed by atoms with Crippen LogP contribution in [-0.4, -0.2) is 19.2 Å². The minimum absolute atomic E-state index is 0.159. The fraction of sp³-hybridized carbons (Fsp3) is 0. The van der Waals surface area contributed by atoms with E-state index in [1.165, 1.54) is 11.3 Å². The molecule has 38 heavy (non-hydrogen) atoms. The summed E-state index contributed by atoms with van der Waals surface area (Å²) < 4.78 is 4.36. The Hall–Kier alpha value is -4.58. The van der Waals surface area contributed by atoms with Gasteiger partial charge >= 0.3 is 0 Å². The van der Waals surface area contributed by atoms with Crippen LogP contribution in [0.3, 0.4) is 0 Å². The summed E-state index contributed by atoms with van der Waals surface area (Å²) in [6.45, 7) is 0. The molecule has 0 aliphatic rings. The smallest absolute Gasteiger partial charge is 0.266 e. The lowest BCUT2D eigenvalue weighted by Crippen LogP contribution is -2.16. The van der Waals surface area contributed by atoms with Crippen LogP contribution >= 0.6 is 27.3 Å². The molecular weight excluding hydrogens is 558 g/mol. The molecule has 0 unspecified atom stereocenters. The maximum absolute atomic E-state index is 13.5. The zero-order valence-electron chi connectivity index (χ0n) is 19.8. The monoisotopic (exact) mass is 575 g/mol. The Morgan fingerprint density at radius 1 is 0.947 bits per heavy atom. The van der Waals surface area contributed by atoms with E-state index in [1.54, 1.807) is 34.9 Å². The van der Waals surface area contributed by atoms with E-state index in [0.29, 0.717) is 27.3 Å². The van der Waals surface area contributed by atoms with Crippen LogP contribution in [0.25, 0.3) is 45.2 Å². The SMILES string of the molecule is N#Cc1ccc(-c2c(/C=C/c3cn(-c4ccccc4)nc3-c3cccc(Br)c3)nc3sccn3c2=O)cc1. The van der Waals surface area contributed by atoms with Crippen LogP contribution in [0.4, 0.5) is 0 Å². The third-order valence-electron chi connectivity index (χ3n) is 6.08. The van der Waals surface area contributed by atoms with Crippen molar-refractivity contribution in [2.75, 3.05) is 0 Å². The van der Waals surface area contributed by atoms with Crippen molar-refractivity contribution in [2.45, 2.75) is 0 Å². The van der Waals surface area contributed by atoms with Gasteiger partial charge in [-0.05, 0) is 54.1 Å². The summed E-state index contributed by atoms with van der Waals surface area (Å²) in [4.78, 5) is 18.9. The molecule has 182 valence electrons. The number of halogens is 1. The van der Waals surface area contributed by atoms with Crippen molar-refractivity contribution >= 4 is 44.4 Å². The molecule has 0 atom stereocenters. The molecule has 6 rings (SSSR count). The van der Waals surface area contributed by atoms with Gasteiger partial charge in [-0.25, -0.2) is 9.67 Å². The van der Waals surface area contributed by atoms with E-state index in [9.17, 15) is 10.1 Å². The number of hydrogen-bond acceptors (Lipinski definition) is 5. The summed E-state index contributed by atoms with van der Waals surface area (Å²) in [7, 11) is 0. The van der Waals surface area contributed by atoms with Crippen molar-refractivity contribution in [1.82, 2.24) is 19.2 Å². The normalized spacial score (nSPS) is 11.3. The van der Waals surface area contributed by atoms with Crippen LogP contribution < -0.4 is 5.56 Å². The molecule has 0 N–H and O–H groups in total. The number of nitriles is 1. The molecule has 3 aromatic heterocycles. The first-order chi connectivity index (χ1) is 18.6. The number of hydrogen-bond donors (Lipinski definition) is 0. The van der Waals surface area contributed by atoms with Crippen LogP contribution in [0.2, 0.25) is 0 Å². The number of nitrogens with zero attached hydrogens (tertiary/aromatic N) is 5. The predicted molar refractivity (Wildman–Crippen MR) is 155 cm³/mol. The molecule has 3 aromatic carbocycles. The molecule has 0 saturated heterocycles. The Bertz CT molecular complexity index is 1910. The molecule has 0 aliphatic carbocycles. The number of aromatic nitrogens is 4. The zero-order chi connectivity index (χ0) is 26.1. The quantitative estimate of drug-likeness (QED) is 0.220. The molecule has 0 radical (unpaired) electrons. The van der Waals surface area contributed by atoms with Gasteiger partial charge in [-0.3, -0.25) is 9.20 Å². The van der Waals surface area contributed by atoms with Crippen LogP contribution in [0.1, 0.15) is 16.8 Å². The number of benzene rings is 3. The molecule has 0 bridgehead atoms. The van der Waals surface area contributed by atoms with Crippen LogP contribution in [0, 0.1) is 11.3 Å². The number of thiazole rings is 1. The minimum atomic E-state index is -0.159. The van der Waals surface area contributed by atoms with Crippen molar-refractivity contribution in [1.29, 1.82) is 5.26 Å². The van der Waals surface area contributed by atoms with E-state index < -0.39 is 0 Å². The lowest BCUT2D eigenvalue weighted by atomic mass is 10.0. The van der Waals surface area contributed by atoms with E-state index in [0.717, 1.165) is 27.0 Å². The average molecular weight is 576 g/mol. The van der Waals surface area contributed by atoms with E-state index in [2.05, 4.69) is 22.0 Å². The third kappa shape index (κ3) is 4.50. The molecule has 6 aromatic rings. The van der Waals surface area contributed by atoms with Crippen LogP contribution in [0.5, 0.6) is 0 Å². The van der Waals surface area contributed by atoms with Crippen molar-refractivity contribution < 1.29 is 0 Å². The van der Waals surface area contributed by atoms with Gasteiger partial charge in [0.25, 0.3) is 5.56 Å².